The molecule has 7 heteroatoms. The van der Waals surface area contributed by atoms with Gasteiger partial charge in [-0.05, 0) is 19.3 Å². The topological polar surface area (TPSA) is 93.5 Å². The number of aromatic nitrogens is 2. The van der Waals surface area contributed by atoms with Crippen molar-refractivity contribution in [3.05, 3.63) is 11.8 Å². The number of hydrogen-bond acceptors (Lipinski definition) is 7. The fraction of sp³-hybridized carbons (Fsp3) is 0.765. The van der Waals surface area contributed by atoms with Gasteiger partial charge in [0.15, 0.2) is 0 Å². The number of rotatable bonds is 7. The van der Waals surface area contributed by atoms with E-state index in [4.69, 9.17) is 16.2 Å². The minimum absolute atomic E-state index is 0.313. The molecule has 0 amide bonds. The van der Waals surface area contributed by atoms with Crippen LogP contribution in [-0.4, -0.2) is 66.8 Å². The molecule has 2 heterocycles. The van der Waals surface area contributed by atoms with Crippen molar-refractivity contribution in [2.24, 2.45) is 5.73 Å². The van der Waals surface area contributed by atoms with Gasteiger partial charge in [0.2, 0.25) is 5.95 Å². The molecule has 1 saturated carbocycles. The highest BCUT2D eigenvalue weighted by molar-refractivity contribution is 5.45. The summed E-state index contributed by atoms with van der Waals surface area (Å²) < 4.78 is 5.58. The number of nitrogens with two attached hydrogens (primary N) is 2. The molecular formula is C17H30N6O. The van der Waals surface area contributed by atoms with Crippen LogP contribution in [0, 0.1) is 0 Å². The Bertz CT molecular complexity index is 526. The standard InChI is InChI=1S/C17H30N6O/c1-2-8-24-9-7-22-3-5-23(6-4-22)16-12-15(20-17(19)21-16)13-10-14(18)11-13/h12-14H,2-11,18H2,1H3,(H2,19,20,21). The van der Waals surface area contributed by atoms with Crippen LogP contribution in [0.25, 0.3) is 0 Å². The van der Waals surface area contributed by atoms with Crippen LogP contribution in [0.3, 0.4) is 0 Å². The van der Waals surface area contributed by atoms with Gasteiger partial charge in [-0.2, -0.15) is 4.98 Å². The predicted octanol–water partition coefficient (Wildman–Crippen LogP) is 0.812. The summed E-state index contributed by atoms with van der Waals surface area (Å²) in [5, 5.41) is 0. The summed E-state index contributed by atoms with van der Waals surface area (Å²) in [6.07, 6.45) is 3.08. The Morgan fingerprint density at radius 1 is 1.17 bits per heavy atom. The van der Waals surface area contributed by atoms with E-state index in [1.54, 1.807) is 0 Å². The molecule has 0 bridgehead atoms. The fourth-order valence-electron chi connectivity index (χ4n) is 3.39. The number of nitrogens with zero attached hydrogens (tertiary/aromatic N) is 4. The van der Waals surface area contributed by atoms with Crippen LogP contribution in [0.1, 0.15) is 37.8 Å². The summed E-state index contributed by atoms with van der Waals surface area (Å²) >= 11 is 0. The Labute approximate surface area is 144 Å². The van der Waals surface area contributed by atoms with Gasteiger partial charge in [-0.3, -0.25) is 4.90 Å². The van der Waals surface area contributed by atoms with Crippen molar-refractivity contribution in [2.45, 2.75) is 38.1 Å². The van der Waals surface area contributed by atoms with Crippen LogP contribution in [0.4, 0.5) is 11.8 Å². The Kier molecular flexibility index (Phi) is 5.86. The molecule has 1 aromatic rings. The van der Waals surface area contributed by atoms with Crippen molar-refractivity contribution in [2.75, 3.05) is 56.6 Å². The van der Waals surface area contributed by atoms with Gasteiger partial charge in [0.25, 0.3) is 0 Å². The maximum Gasteiger partial charge on any atom is 0.222 e. The summed E-state index contributed by atoms with van der Waals surface area (Å²) in [6, 6.07) is 2.42. The molecule has 1 aliphatic carbocycles. The molecule has 134 valence electrons. The van der Waals surface area contributed by atoms with Gasteiger partial charge in [0, 0.05) is 57.4 Å². The SMILES string of the molecule is CCCOCCN1CCN(c2cc(C3CC(N)C3)nc(N)n2)CC1. The van der Waals surface area contributed by atoms with Crippen LogP contribution in [0.5, 0.6) is 0 Å². The third-order valence-electron chi connectivity index (χ3n) is 4.94. The second-order valence-electron chi connectivity index (χ2n) is 6.88. The third-order valence-corrected chi connectivity index (χ3v) is 4.94. The van der Waals surface area contributed by atoms with Gasteiger partial charge in [0.05, 0.1) is 12.3 Å². The molecule has 2 aliphatic rings. The van der Waals surface area contributed by atoms with E-state index in [1.807, 2.05) is 0 Å². The summed E-state index contributed by atoms with van der Waals surface area (Å²) in [6.45, 7) is 8.81. The highest BCUT2D eigenvalue weighted by Crippen LogP contribution is 2.35. The minimum atomic E-state index is 0.313. The van der Waals surface area contributed by atoms with Gasteiger partial charge in [0.1, 0.15) is 5.82 Å². The Morgan fingerprint density at radius 3 is 2.58 bits per heavy atom. The first-order valence-corrected chi connectivity index (χ1v) is 9.10. The van der Waals surface area contributed by atoms with E-state index in [9.17, 15) is 0 Å². The zero-order valence-electron chi connectivity index (χ0n) is 14.7. The molecule has 0 atom stereocenters. The van der Waals surface area contributed by atoms with E-state index in [-0.39, 0.29) is 0 Å². The van der Waals surface area contributed by atoms with E-state index in [2.05, 4.69) is 32.8 Å². The lowest BCUT2D eigenvalue weighted by molar-refractivity contribution is 0.102. The van der Waals surface area contributed by atoms with Gasteiger partial charge < -0.3 is 21.1 Å². The lowest BCUT2D eigenvalue weighted by Crippen LogP contribution is -2.47. The second kappa shape index (κ2) is 8.09. The molecule has 1 saturated heterocycles. The first kappa shape index (κ1) is 17.4. The Hall–Kier alpha value is -1.44. The normalized spacial score (nSPS) is 24.8. The number of hydrogen-bond donors (Lipinski definition) is 2. The Balaban J connectivity index is 1.52. The quantitative estimate of drug-likeness (QED) is 0.713. The van der Waals surface area contributed by atoms with Gasteiger partial charge in [-0.1, -0.05) is 6.92 Å². The first-order valence-electron chi connectivity index (χ1n) is 9.10. The van der Waals surface area contributed by atoms with E-state index >= 15 is 0 Å². The van der Waals surface area contributed by atoms with E-state index in [0.29, 0.717) is 17.9 Å². The van der Waals surface area contributed by atoms with Crippen LogP contribution in [0.2, 0.25) is 0 Å². The molecule has 1 aliphatic heterocycles. The monoisotopic (exact) mass is 334 g/mol. The molecular weight excluding hydrogens is 304 g/mol. The van der Waals surface area contributed by atoms with Crippen molar-refractivity contribution < 1.29 is 4.74 Å². The maximum absolute atomic E-state index is 5.93. The predicted molar refractivity (Wildman–Crippen MR) is 96.2 cm³/mol. The molecule has 3 rings (SSSR count). The Morgan fingerprint density at radius 2 is 1.92 bits per heavy atom. The fourth-order valence-corrected chi connectivity index (χ4v) is 3.39. The summed E-state index contributed by atoms with van der Waals surface area (Å²) in [4.78, 5) is 13.6. The molecule has 1 aromatic heterocycles. The van der Waals surface area contributed by atoms with Crippen LogP contribution in [-0.2, 0) is 4.74 Å². The molecule has 0 aromatic carbocycles. The van der Waals surface area contributed by atoms with Gasteiger partial charge in [-0.15, -0.1) is 0 Å². The van der Waals surface area contributed by atoms with Crippen molar-refractivity contribution in [1.29, 1.82) is 0 Å². The second-order valence-corrected chi connectivity index (χ2v) is 6.88. The zero-order valence-corrected chi connectivity index (χ0v) is 14.7. The van der Waals surface area contributed by atoms with Gasteiger partial charge in [-0.25, -0.2) is 4.98 Å². The molecule has 2 fully saturated rings. The molecule has 7 nitrogen and oxygen atoms in total. The average Bonchev–Trinajstić information content (AvgIpc) is 2.56. The number of piperazine rings is 1. The van der Waals surface area contributed by atoms with E-state index in [1.165, 1.54) is 0 Å². The molecule has 0 unspecified atom stereocenters. The average molecular weight is 334 g/mol. The van der Waals surface area contributed by atoms with Crippen LogP contribution >= 0.6 is 0 Å². The number of nitrogen functional groups attached to an aromatic ring is 1. The highest BCUT2D eigenvalue weighted by Gasteiger charge is 2.29. The molecule has 4 N–H and O–H groups in total. The lowest BCUT2D eigenvalue weighted by atomic mass is 9.78. The van der Waals surface area contributed by atoms with Crippen molar-refractivity contribution in [3.8, 4) is 0 Å². The third kappa shape index (κ3) is 4.34. The zero-order chi connectivity index (χ0) is 16.9. The first-order chi connectivity index (χ1) is 11.7. The highest BCUT2D eigenvalue weighted by atomic mass is 16.5. The van der Waals surface area contributed by atoms with Gasteiger partial charge >= 0.3 is 0 Å². The molecule has 0 radical (unpaired) electrons. The maximum atomic E-state index is 5.93. The van der Waals surface area contributed by atoms with Crippen molar-refractivity contribution in [1.82, 2.24) is 14.9 Å². The van der Waals surface area contributed by atoms with Crippen molar-refractivity contribution >= 4 is 11.8 Å². The van der Waals surface area contributed by atoms with E-state index in [0.717, 1.165) is 76.7 Å². The summed E-state index contributed by atoms with van der Waals surface area (Å²) in [7, 11) is 0. The van der Waals surface area contributed by atoms with Crippen LogP contribution in [0.15, 0.2) is 6.07 Å². The van der Waals surface area contributed by atoms with E-state index < -0.39 is 0 Å². The van der Waals surface area contributed by atoms with Crippen LogP contribution < -0.4 is 16.4 Å². The lowest BCUT2D eigenvalue weighted by Gasteiger charge is -2.36. The molecule has 24 heavy (non-hydrogen) atoms. The number of ether oxygens (including phenoxy) is 1. The summed E-state index contributed by atoms with van der Waals surface area (Å²) in [5.41, 5.74) is 12.9. The summed E-state index contributed by atoms with van der Waals surface area (Å²) in [5.74, 6) is 1.78. The molecule has 0 spiro atoms. The smallest absolute Gasteiger partial charge is 0.222 e. The largest absolute Gasteiger partial charge is 0.380 e. The number of anilines is 2. The van der Waals surface area contributed by atoms with Crippen molar-refractivity contribution in [3.63, 3.8) is 0 Å². The minimum Gasteiger partial charge on any atom is -0.380 e.